The fourth-order valence-electron chi connectivity index (χ4n) is 9.46. The molecule has 9 aromatic carbocycles. The van der Waals surface area contributed by atoms with Gasteiger partial charge in [0.1, 0.15) is 0 Å². The predicted octanol–water partition coefficient (Wildman–Crippen LogP) is 15.1. The topological polar surface area (TPSA) is 48.5 Å². The van der Waals surface area contributed by atoms with E-state index >= 15 is 0 Å². The fourth-order valence-corrected chi connectivity index (χ4v) is 10.6. The van der Waals surface area contributed by atoms with Crippen LogP contribution in [0.15, 0.2) is 212 Å². The van der Waals surface area contributed by atoms with Crippen molar-refractivity contribution in [3.8, 4) is 56.7 Å². The molecule has 294 valence electrons. The van der Waals surface area contributed by atoms with E-state index in [2.05, 4.69) is 203 Å². The highest BCUT2D eigenvalue weighted by Crippen LogP contribution is 2.42. The maximum Gasteiger partial charge on any atom is 0.238 e. The summed E-state index contributed by atoms with van der Waals surface area (Å²) >= 11 is 1.80. The van der Waals surface area contributed by atoms with Crippen LogP contribution in [0.2, 0.25) is 0 Å². The Hall–Kier alpha value is -8.19. The minimum absolute atomic E-state index is 0.569. The highest BCUT2D eigenvalue weighted by atomic mass is 32.1. The molecule has 0 spiro atoms. The number of nitrogens with zero attached hydrogens (tertiary/aromatic N) is 5. The van der Waals surface area contributed by atoms with Gasteiger partial charge in [-0.25, -0.2) is 4.98 Å². The fraction of sp³-hybridized carbons (Fsp3) is 0. The van der Waals surface area contributed by atoms with E-state index in [-0.39, 0.29) is 0 Å². The highest BCUT2D eigenvalue weighted by molar-refractivity contribution is 7.25. The molecule has 0 bridgehead atoms. The summed E-state index contributed by atoms with van der Waals surface area (Å²) in [6.07, 6.45) is 0. The minimum Gasteiger partial charge on any atom is -0.307 e. The molecule has 4 heterocycles. The lowest BCUT2D eigenvalue weighted by molar-refractivity contribution is 0.953. The number of fused-ring (bicyclic) bond motifs is 10. The summed E-state index contributed by atoms with van der Waals surface area (Å²) in [5.41, 5.74) is 12.0. The lowest BCUT2D eigenvalue weighted by Gasteiger charge is -2.14. The Morgan fingerprint density at radius 2 is 0.794 bits per heavy atom. The van der Waals surface area contributed by atoms with Crippen molar-refractivity contribution in [2.24, 2.45) is 0 Å². The molecule has 6 heteroatoms. The standard InChI is InChI=1S/C57H35N5S/c1-3-14-36(15-4-1)39-18-13-19-40(34-39)37-26-29-42(30-27-37)61-49-23-10-7-20-43(49)47-32-33-48-44-21-8-11-24-50(44)62(54(48)53(47)61)57-59-55(38-16-5-2-6-17-38)58-56(60-57)41-28-31-46-45-22-9-12-25-51(45)63-52(46)35-41/h1-35H. The summed E-state index contributed by atoms with van der Waals surface area (Å²) in [6.45, 7) is 0. The Morgan fingerprint density at radius 1 is 0.302 bits per heavy atom. The Balaban J connectivity index is 1.06. The van der Waals surface area contributed by atoms with Crippen LogP contribution in [0.3, 0.4) is 0 Å². The lowest BCUT2D eigenvalue weighted by atomic mass is 9.99. The number of para-hydroxylation sites is 2. The molecule has 0 aliphatic carbocycles. The molecule has 0 aliphatic heterocycles. The predicted molar refractivity (Wildman–Crippen MR) is 263 cm³/mol. The van der Waals surface area contributed by atoms with Gasteiger partial charge in [0.2, 0.25) is 5.95 Å². The first-order valence-corrected chi connectivity index (χ1v) is 22.0. The molecule has 0 saturated carbocycles. The minimum atomic E-state index is 0.569. The maximum atomic E-state index is 5.41. The van der Waals surface area contributed by atoms with Crippen LogP contribution in [0, 0.1) is 0 Å². The first-order valence-electron chi connectivity index (χ1n) is 21.2. The molecule has 0 aliphatic rings. The van der Waals surface area contributed by atoms with Gasteiger partial charge >= 0.3 is 0 Å². The number of aromatic nitrogens is 5. The third kappa shape index (κ3) is 5.73. The van der Waals surface area contributed by atoms with E-state index < -0.39 is 0 Å². The van der Waals surface area contributed by atoms with Crippen molar-refractivity contribution in [1.29, 1.82) is 0 Å². The van der Waals surface area contributed by atoms with Gasteiger partial charge in [0.25, 0.3) is 0 Å². The molecule has 13 aromatic rings. The average Bonchev–Trinajstić information content (AvgIpc) is 4.02. The average molecular weight is 822 g/mol. The monoisotopic (exact) mass is 821 g/mol. The van der Waals surface area contributed by atoms with E-state index in [4.69, 9.17) is 15.0 Å². The molecular weight excluding hydrogens is 787 g/mol. The van der Waals surface area contributed by atoms with Crippen molar-refractivity contribution in [1.82, 2.24) is 24.1 Å². The van der Waals surface area contributed by atoms with Crippen molar-refractivity contribution in [2.45, 2.75) is 0 Å². The van der Waals surface area contributed by atoms with Crippen molar-refractivity contribution >= 4 is 75.1 Å². The summed E-state index contributed by atoms with van der Waals surface area (Å²) in [6, 6.07) is 75.7. The van der Waals surface area contributed by atoms with Crippen molar-refractivity contribution in [3.05, 3.63) is 212 Å². The summed E-state index contributed by atoms with van der Waals surface area (Å²) in [7, 11) is 0. The molecule has 4 aromatic heterocycles. The first-order chi connectivity index (χ1) is 31.2. The summed E-state index contributed by atoms with van der Waals surface area (Å²) in [5.74, 6) is 1.82. The number of hydrogen-bond donors (Lipinski definition) is 0. The zero-order valence-corrected chi connectivity index (χ0v) is 34.7. The molecular formula is C57H35N5S. The third-order valence-electron chi connectivity index (χ3n) is 12.4. The number of thiophene rings is 1. The largest absolute Gasteiger partial charge is 0.307 e. The molecule has 0 amide bonds. The first kappa shape index (κ1) is 35.6. The second kappa shape index (κ2) is 14.2. The van der Waals surface area contributed by atoms with Crippen LogP contribution in [0.5, 0.6) is 0 Å². The second-order valence-electron chi connectivity index (χ2n) is 16.0. The van der Waals surface area contributed by atoms with Crippen LogP contribution >= 0.6 is 11.3 Å². The normalized spacial score (nSPS) is 11.8. The number of benzene rings is 9. The van der Waals surface area contributed by atoms with E-state index in [1.54, 1.807) is 11.3 Å². The maximum absolute atomic E-state index is 5.41. The van der Waals surface area contributed by atoms with Gasteiger partial charge in [0.15, 0.2) is 11.6 Å². The van der Waals surface area contributed by atoms with Crippen molar-refractivity contribution in [3.63, 3.8) is 0 Å². The van der Waals surface area contributed by atoms with Gasteiger partial charge in [-0.3, -0.25) is 4.57 Å². The molecule has 63 heavy (non-hydrogen) atoms. The summed E-state index contributed by atoms with van der Waals surface area (Å²) in [5, 5.41) is 7.12. The smallest absolute Gasteiger partial charge is 0.238 e. The van der Waals surface area contributed by atoms with Gasteiger partial charge < -0.3 is 4.57 Å². The zero-order chi connectivity index (χ0) is 41.4. The quantitative estimate of drug-likeness (QED) is 0.168. The van der Waals surface area contributed by atoms with Gasteiger partial charge in [0.05, 0.1) is 22.1 Å². The number of hydrogen-bond acceptors (Lipinski definition) is 4. The Morgan fingerprint density at radius 3 is 1.49 bits per heavy atom. The van der Waals surface area contributed by atoms with Gasteiger partial charge in [-0.1, -0.05) is 170 Å². The molecule has 0 fully saturated rings. The van der Waals surface area contributed by atoms with Crippen LogP contribution < -0.4 is 0 Å². The Bertz CT molecular complexity index is 3900. The number of rotatable bonds is 6. The molecule has 0 saturated heterocycles. The van der Waals surface area contributed by atoms with Crippen LogP contribution in [-0.4, -0.2) is 24.1 Å². The molecule has 5 nitrogen and oxygen atoms in total. The van der Waals surface area contributed by atoms with Crippen LogP contribution in [0.4, 0.5) is 0 Å². The van der Waals surface area contributed by atoms with Crippen LogP contribution in [0.1, 0.15) is 0 Å². The highest BCUT2D eigenvalue weighted by Gasteiger charge is 2.24. The van der Waals surface area contributed by atoms with E-state index in [1.165, 1.54) is 42.2 Å². The van der Waals surface area contributed by atoms with Crippen LogP contribution in [-0.2, 0) is 0 Å². The zero-order valence-electron chi connectivity index (χ0n) is 33.9. The van der Waals surface area contributed by atoms with E-state index in [0.29, 0.717) is 17.6 Å². The molecule has 13 rings (SSSR count). The van der Waals surface area contributed by atoms with Gasteiger partial charge in [0, 0.05) is 58.5 Å². The Labute approximate surface area is 366 Å². The van der Waals surface area contributed by atoms with E-state index in [9.17, 15) is 0 Å². The summed E-state index contributed by atoms with van der Waals surface area (Å²) in [4.78, 5) is 15.9. The van der Waals surface area contributed by atoms with Crippen LogP contribution in [0.25, 0.3) is 120 Å². The van der Waals surface area contributed by atoms with Gasteiger partial charge in [-0.05, 0) is 64.7 Å². The molecule has 0 unspecified atom stereocenters. The van der Waals surface area contributed by atoms with E-state index in [1.807, 2.05) is 18.2 Å². The van der Waals surface area contributed by atoms with Crippen molar-refractivity contribution < 1.29 is 0 Å². The van der Waals surface area contributed by atoms with Gasteiger partial charge in [-0.2, -0.15) is 9.97 Å². The van der Waals surface area contributed by atoms with Gasteiger partial charge in [-0.15, -0.1) is 11.3 Å². The second-order valence-corrected chi connectivity index (χ2v) is 17.1. The molecule has 0 N–H and O–H groups in total. The third-order valence-corrected chi connectivity index (χ3v) is 13.5. The molecule has 0 radical (unpaired) electrons. The van der Waals surface area contributed by atoms with Crippen molar-refractivity contribution in [2.75, 3.05) is 0 Å². The lowest BCUT2D eigenvalue weighted by Crippen LogP contribution is -2.07. The van der Waals surface area contributed by atoms with E-state index in [0.717, 1.165) is 60.6 Å². The molecule has 0 atom stereocenters. The Kier molecular flexibility index (Phi) is 8.01. The summed E-state index contributed by atoms with van der Waals surface area (Å²) < 4.78 is 7.15. The SMILES string of the molecule is c1ccc(-c2cccc(-c3ccc(-n4c5ccccc5c5ccc6c7ccccc7n(-c7nc(-c8ccccc8)nc(-c8ccc9c(c8)sc8ccccc89)n7)c6c54)cc3)c2)cc1.